The normalized spacial score (nSPS) is 11.6. The van der Waals surface area contributed by atoms with Gasteiger partial charge < -0.3 is 9.88 Å². The van der Waals surface area contributed by atoms with Gasteiger partial charge in [-0.15, -0.1) is 0 Å². The summed E-state index contributed by atoms with van der Waals surface area (Å²) in [6.07, 6.45) is 6.14. The van der Waals surface area contributed by atoms with Gasteiger partial charge in [0.05, 0.1) is 12.7 Å². The lowest BCUT2D eigenvalue weighted by molar-refractivity contribution is 0.589. The summed E-state index contributed by atoms with van der Waals surface area (Å²) in [4.78, 5) is 0. The SMILES string of the molecule is CC(C)NCc1ccc2c(ccn2Cc2cnn(C)c2)c1. The van der Waals surface area contributed by atoms with Crippen LogP contribution in [0.2, 0.25) is 0 Å². The maximum absolute atomic E-state index is 4.23. The van der Waals surface area contributed by atoms with E-state index in [9.17, 15) is 0 Å². The molecule has 0 saturated heterocycles. The number of aromatic nitrogens is 3. The van der Waals surface area contributed by atoms with Crippen molar-refractivity contribution in [3.8, 4) is 0 Å². The Kier molecular flexibility index (Phi) is 3.80. The molecule has 110 valence electrons. The number of rotatable bonds is 5. The zero-order valence-electron chi connectivity index (χ0n) is 12.9. The summed E-state index contributed by atoms with van der Waals surface area (Å²) in [5.41, 5.74) is 3.82. The largest absolute Gasteiger partial charge is 0.343 e. The van der Waals surface area contributed by atoms with Crippen LogP contribution in [-0.4, -0.2) is 20.4 Å². The molecule has 0 atom stereocenters. The van der Waals surface area contributed by atoms with E-state index in [1.165, 1.54) is 22.0 Å². The lowest BCUT2D eigenvalue weighted by atomic mass is 10.1. The van der Waals surface area contributed by atoms with Gasteiger partial charge in [-0.3, -0.25) is 4.68 Å². The molecule has 0 spiro atoms. The van der Waals surface area contributed by atoms with Crippen molar-refractivity contribution in [2.45, 2.75) is 33.0 Å². The summed E-state index contributed by atoms with van der Waals surface area (Å²) in [6.45, 7) is 6.12. The van der Waals surface area contributed by atoms with E-state index in [4.69, 9.17) is 0 Å². The Balaban J connectivity index is 1.82. The highest BCUT2D eigenvalue weighted by atomic mass is 15.2. The number of aryl methyl sites for hydroxylation is 1. The molecule has 0 radical (unpaired) electrons. The molecular weight excluding hydrogens is 260 g/mol. The Morgan fingerprint density at radius 1 is 1.19 bits per heavy atom. The van der Waals surface area contributed by atoms with Crippen LogP contribution in [0.5, 0.6) is 0 Å². The third-order valence-electron chi connectivity index (χ3n) is 3.66. The summed E-state index contributed by atoms with van der Waals surface area (Å²) in [5.74, 6) is 0. The van der Waals surface area contributed by atoms with Crippen molar-refractivity contribution in [3.63, 3.8) is 0 Å². The number of hydrogen-bond acceptors (Lipinski definition) is 2. The van der Waals surface area contributed by atoms with Crippen LogP contribution in [0, 0.1) is 0 Å². The second-order valence-electron chi connectivity index (χ2n) is 5.89. The van der Waals surface area contributed by atoms with E-state index in [0.717, 1.165) is 13.1 Å². The van der Waals surface area contributed by atoms with Gasteiger partial charge in [-0.05, 0) is 29.1 Å². The molecule has 0 aliphatic heterocycles. The average molecular weight is 282 g/mol. The fourth-order valence-corrected chi connectivity index (χ4v) is 2.57. The van der Waals surface area contributed by atoms with E-state index < -0.39 is 0 Å². The Morgan fingerprint density at radius 3 is 2.76 bits per heavy atom. The van der Waals surface area contributed by atoms with Gasteiger partial charge in [0.2, 0.25) is 0 Å². The van der Waals surface area contributed by atoms with Gasteiger partial charge >= 0.3 is 0 Å². The monoisotopic (exact) mass is 282 g/mol. The molecule has 0 amide bonds. The molecule has 3 aromatic rings. The Labute approximate surface area is 125 Å². The zero-order chi connectivity index (χ0) is 14.8. The molecule has 2 heterocycles. The zero-order valence-corrected chi connectivity index (χ0v) is 12.9. The molecule has 0 bridgehead atoms. The highest BCUT2D eigenvalue weighted by Gasteiger charge is 2.04. The average Bonchev–Trinajstić information content (AvgIpc) is 3.04. The van der Waals surface area contributed by atoms with Crippen molar-refractivity contribution in [1.82, 2.24) is 19.7 Å². The maximum Gasteiger partial charge on any atom is 0.0539 e. The Hall–Kier alpha value is -2.07. The van der Waals surface area contributed by atoms with E-state index in [1.807, 2.05) is 17.9 Å². The van der Waals surface area contributed by atoms with Crippen LogP contribution < -0.4 is 5.32 Å². The first-order chi connectivity index (χ1) is 10.1. The first-order valence-electron chi connectivity index (χ1n) is 7.40. The minimum absolute atomic E-state index is 0.510. The predicted octanol–water partition coefficient (Wildman–Crippen LogP) is 2.92. The van der Waals surface area contributed by atoms with E-state index in [0.29, 0.717) is 6.04 Å². The summed E-state index contributed by atoms with van der Waals surface area (Å²) in [5, 5.41) is 8.98. The molecule has 0 fully saturated rings. The van der Waals surface area contributed by atoms with Gasteiger partial charge in [-0.1, -0.05) is 19.9 Å². The fourth-order valence-electron chi connectivity index (χ4n) is 2.57. The van der Waals surface area contributed by atoms with Crippen molar-refractivity contribution in [3.05, 3.63) is 54.0 Å². The molecule has 1 aromatic carbocycles. The van der Waals surface area contributed by atoms with Crippen LogP contribution in [0.1, 0.15) is 25.0 Å². The van der Waals surface area contributed by atoms with Crippen molar-refractivity contribution in [2.24, 2.45) is 7.05 Å². The van der Waals surface area contributed by atoms with Crippen LogP contribution in [0.25, 0.3) is 10.9 Å². The van der Waals surface area contributed by atoms with Crippen LogP contribution in [0.4, 0.5) is 0 Å². The molecule has 21 heavy (non-hydrogen) atoms. The number of fused-ring (bicyclic) bond motifs is 1. The number of benzene rings is 1. The third-order valence-corrected chi connectivity index (χ3v) is 3.66. The second-order valence-corrected chi connectivity index (χ2v) is 5.89. The summed E-state index contributed by atoms with van der Waals surface area (Å²) in [6, 6.07) is 9.38. The number of nitrogens with zero attached hydrogens (tertiary/aromatic N) is 3. The fraction of sp³-hybridized carbons (Fsp3) is 0.353. The van der Waals surface area contributed by atoms with Gasteiger partial charge in [0.15, 0.2) is 0 Å². The topological polar surface area (TPSA) is 34.8 Å². The van der Waals surface area contributed by atoms with Gasteiger partial charge in [0.1, 0.15) is 0 Å². The van der Waals surface area contributed by atoms with Gasteiger partial charge in [-0.25, -0.2) is 0 Å². The van der Waals surface area contributed by atoms with E-state index >= 15 is 0 Å². The molecule has 2 aromatic heterocycles. The standard InChI is InChI=1S/C17H22N4/c1-13(2)18-9-14-4-5-17-16(8-14)6-7-21(17)12-15-10-19-20(3)11-15/h4-8,10-11,13,18H,9,12H2,1-3H3. The lowest BCUT2D eigenvalue weighted by Gasteiger charge is -2.09. The Bertz CT molecular complexity index is 736. The molecule has 0 unspecified atom stereocenters. The summed E-state index contributed by atoms with van der Waals surface area (Å²) < 4.78 is 4.11. The maximum atomic E-state index is 4.23. The molecule has 0 saturated carbocycles. The molecule has 1 N–H and O–H groups in total. The van der Waals surface area contributed by atoms with Crippen LogP contribution >= 0.6 is 0 Å². The Morgan fingerprint density at radius 2 is 2.05 bits per heavy atom. The first kappa shape index (κ1) is 13.9. The number of nitrogens with one attached hydrogen (secondary N) is 1. The highest BCUT2D eigenvalue weighted by molar-refractivity contribution is 5.81. The highest BCUT2D eigenvalue weighted by Crippen LogP contribution is 2.19. The van der Waals surface area contributed by atoms with Gasteiger partial charge in [0.25, 0.3) is 0 Å². The van der Waals surface area contributed by atoms with E-state index in [2.05, 4.69) is 65.5 Å². The minimum atomic E-state index is 0.510. The third kappa shape index (κ3) is 3.16. The molecule has 0 aliphatic carbocycles. The van der Waals surface area contributed by atoms with Crippen molar-refractivity contribution >= 4 is 10.9 Å². The van der Waals surface area contributed by atoms with E-state index in [-0.39, 0.29) is 0 Å². The van der Waals surface area contributed by atoms with Crippen LogP contribution in [0.15, 0.2) is 42.9 Å². The van der Waals surface area contributed by atoms with Crippen molar-refractivity contribution in [1.29, 1.82) is 0 Å². The van der Waals surface area contributed by atoms with Gasteiger partial charge in [0, 0.05) is 43.1 Å². The summed E-state index contributed by atoms with van der Waals surface area (Å²) in [7, 11) is 1.95. The quantitative estimate of drug-likeness (QED) is 0.781. The second kappa shape index (κ2) is 5.74. The minimum Gasteiger partial charge on any atom is -0.343 e. The molecular formula is C17H22N4. The lowest BCUT2D eigenvalue weighted by Crippen LogP contribution is -2.21. The molecule has 4 heteroatoms. The smallest absolute Gasteiger partial charge is 0.0539 e. The molecule has 0 aliphatic rings. The molecule has 4 nitrogen and oxygen atoms in total. The summed E-state index contributed by atoms with van der Waals surface area (Å²) >= 11 is 0. The molecule has 3 rings (SSSR count). The van der Waals surface area contributed by atoms with Crippen molar-refractivity contribution < 1.29 is 0 Å². The first-order valence-corrected chi connectivity index (χ1v) is 7.40. The predicted molar refractivity (Wildman–Crippen MR) is 86.2 cm³/mol. The van der Waals surface area contributed by atoms with Crippen LogP contribution in [0.3, 0.4) is 0 Å². The van der Waals surface area contributed by atoms with E-state index in [1.54, 1.807) is 0 Å². The van der Waals surface area contributed by atoms with Gasteiger partial charge in [-0.2, -0.15) is 5.10 Å². The number of hydrogen-bond donors (Lipinski definition) is 1. The van der Waals surface area contributed by atoms with Crippen LogP contribution in [-0.2, 0) is 20.1 Å². The van der Waals surface area contributed by atoms with Crippen molar-refractivity contribution in [2.75, 3.05) is 0 Å².